The molecular formula is C14H19N3OS. The number of nitrogens with zero attached hydrogens (tertiary/aromatic N) is 3. The van der Waals surface area contributed by atoms with Gasteiger partial charge < -0.3 is 4.52 Å². The molecular weight excluding hydrogens is 258 g/mol. The molecule has 1 aliphatic rings. The van der Waals surface area contributed by atoms with E-state index in [2.05, 4.69) is 22.0 Å². The first-order valence-electron chi connectivity index (χ1n) is 6.94. The average Bonchev–Trinajstić information content (AvgIpc) is 2.91. The van der Waals surface area contributed by atoms with Gasteiger partial charge in [-0.05, 0) is 43.2 Å². The SMILES string of the molecule is CCCN(Cc1nc(-c2cccs2)no1)CC1CC1. The highest BCUT2D eigenvalue weighted by molar-refractivity contribution is 7.13. The minimum Gasteiger partial charge on any atom is -0.338 e. The molecule has 0 radical (unpaired) electrons. The lowest BCUT2D eigenvalue weighted by molar-refractivity contribution is 0.219. The summed E-state index contributed by atoms with van der Waals surface area (Å²) in [6.07, 6.45) is 3.92. The van der Waals surface area contributed by atoms with E-state index in [1.165, 1.54) is 25.8 Å². The molecule has 5 heteroatoms. The molecule has 0 aliphatic heterocycles. The van der Waals surface area contributed by atoms with Crippen LogP contribution in [0.1, 0.15) is 32.1 Å². The predicted octanol–water partition coefficient (Wildman–Crippen LogP) is 3.42. The summed E-state index contributed by atoms with van der Waals surface area (Å²) in [5.74, 6) is 2.34. The number of thiophene rings is 1. The van der Waals surface area contributed by atoms with Gasteiger partial charge in [0, 0.05) is 6.54 Å². The zero-order valence-electron chi connectivity index (χ0n) is 11.2. The number of hydrogen-bond acceptors (Lipinski definition) is 5. The first kappa shape index (κ1) is 12.8. The van der Waals surface area contributed by atoms with Gasteiger partial charge in [-0.1, -0.05) is 18.1 Å². The van der Waals surface area contributed by atoms with E-state index in [1.54, 1.807) is 11.3 Å². The predicted molar refractivity (Wildman–Crippen MR) is 75.9 cm³/mol. The molecule has 0 spiro atoms. The van der Waals surface area contributed by atoms with Crippen molar-refractivity contribution in [2.45, 2.75) is 32.7 Å². The fourth-order valence-electron chi connectivity index (χ4n) is 2.23. The molecule has 0 aromatic carbocycles. The first-order valence-corrected chi connectivity index (χ1v) is 7.82. The second-order valence-electron chi connectivity index (χ2n) is 5.17. The molecule has 1 saturated carbocycles. The summed E-state index contributed by atoms with van der Waals surface area (Å²) in [6.45, 7) is 5.27. The van der Waals surface area contributed by atoms with Crippen LogP contribution < -0.4 is 0 Å². The second-order valence-corrected chi connectivity index (χ2v) is 6.12. The normalized spacial score (nSPS) is 15.3. The smallest absolute Gasteiger partial charge is 0.241 e. The van der Waals surface area contributed by atoms with Crippen molar-refractivity contribution in [2.24, 2.45) is 5.92 Å². The van der Waals surface area contributed by atoms with E-state index < -0.39 is 0 Å². The first-order chi connectivity index (χ1) is 9.35. The van der Waals surface area contributed by atoms with Crippen LogP contribution in [-0.4, -0.2) is 28.1 Å². The van der Waals surface area contributed by atoms with Crippen LogP contribution in [0.4, 0.5) is 0 Å². The molecule has 0 N–H and O–H groups in total. The molecule has 2 aromatic heterocycles. The summed E-state index contributed by atoms with van der Waals surface area (Å²) in [5.41, 5.74) is 0. The van der Waals surface area contributed by atoms with Gasteiger partial charge in [-0.25, -0.2) is 0 Å². The lowest BCUT2D eigenvalue weighted by Gasteiger charge is -2.18. The summed E-state index contributed by atoms with van der Waals surface area (Å²) < 4.78 is 5.37. The van der Waals surface area contributed by atoms with Crippen molar-refractivity contribution in [3.8, 4) is 10.7 Å². The van der Waals surface area contributed by atoms with Crippen LogP contribution in [0.5, 0.6) is 0 Å². The third-order valence-corrected chi connectivity index (χ3v) is 4.19. The molecule has 1 fully saturated rings. The van der Waals surface area contributed by atoms with E-state index in [0.717, 1.165) is 29.8 Å². The van der Waals surface area contributed by atoms with Crippen molar-refractivity contribution < 1.29 is 4.52 Å². The Morgan fingerprint density at radius 2 is 2.37 bits per heavy atom. The minimum absolute atomic E-state index is 0.716. The van der Waals surface area contributed by atoms with Gasteiger partial charge in [-0.15, -0.1) is 11.3 Å². The Hall–Kier alpha value is -1.20. The van der Waals surface area contributed by atoms with Crippen LogP contribution in [0.3, 0.4) is 0 Å². The zero-order chi connectivity index (χ0) is 13.1. The second kappa shape index (κ2) is 5.84. The monoisotopic (exact) mass is 277 g/mol. The molecule has 2 aromatic rings. The maximum atomic E-state index is 5.37. The quantitative estimate of drug-likeness (QED) is 0.777. The van der Waals surface area contributed by atoms with Gasteiger partial charge in [0.2, 0.25) is 11.7 Å². The van der Waals surface area contributed by atoms with Gasteiger partial charge in [-0.3, -0.25) is 4.90 Å². The molecule has 0 amide bonds. The van der Waals surface area contributed by atoms with Gasteiger partial charge >= 0.3 is 0 Å². The van der Waals surface area contributed by atoms with Gasteiger partial charge in [0.05, 0.1) is 11.4 Å². The van der Waals surface area contributed by atoms with E-state index in [-0.39, 0.29) is 0 Å². The van der Waals surface area contributed by atoms with Gasteiger partial charge in [-0.2, -0.15) is 4.98 Å². The van der Waals surface area contributed by atoms with Crippen molar-refractivity contribution >= 4 is 11.3 Å². The van der Waals surface area contributed by atoms with Crippen molar-refractivity contribution in [3.05, 3.63) is 23.4 Å². The summed E-state index contributed by atoms with van der Waals surface area (Å²) >= 11 is 1.64. The molecule has 3 rings (SSSR count). The van der Waals surface area contributed by atoms with Crippen molar-refractivity contribution in [1.29, 1.82) is 0 Å². The number of hydrogen-bond donors (Lipinski definition) is 0. The summed E-state index contributed by atoms with van der Waals surface area (Å²) in [7, 11) is 0. The van der Waals surface area contributed by atoms with Crippen LogP contribution in [-0.2, 0) is 6.54 Å². The van der Waals surface area contributed by atoms with Crippen molar-refractivity contribution in [3.63, 3.8) is 0 Å². The Bertz CT molecular complexity index is 505. The number of aromatic nitrogens is 2. The Labute approximate surface area is 117 Å². The largest absolute Gasteiger partial charge is 0.338 e. The van der Waals surface area contributed by atoms with Gasteiger partial charge in [0.1, 0.15) is 0 Å². The highest BCUT2D eigenvalue weighted by atomic mass is 32.1. The topological polar surface area (TPSA) is 42.2 Å². The molecule has 0 unspecified atom stereocenters. The van der Waals surface area contributed by atoms with E-state index >= 15 is 0 Å². The Morgan fingerprint density at radius 1 is 1.47 bits per heavy atom. The Morgan fingerprint density at radius 3 is 3.05 bits per heavy atom. The standard InChI is InChI=1S/C14H19N3OS/c1-2-7-17(9-11-5-6-11)10-13-15-14(16-18-13)12-4-3-8-19-12/h3-4,8,11H,2,5-7,9-10H2,1H3. The lowest BCUT2D eigenvalue weighted by atomic mass is 10.3. The summed E-state index contributed by atoms with van der Waals surface area (Å²) in [5, 5.41) is 6.09. The molecule has 1 aliphatic carbocycles. The van der Waals surface area contributed by atoms with E-state index in [1.807, 2.05) is 17.5 Å². The highest BCUT2D eigenvalue weighted by Gasteiger charge is 2.25. The van der Waals surface area contributed by atoms with Gasteiger partial charge in [0.15, 0.2) is 0 Å². The van der Waals surface area contributed by atoms with E-state index in [0.29, 0.717) is 5.82 Å². The van der Waals surface area contributed by atoms with Crippen LogP contribution in [0.2, 0.25) is 0 Å². The van der Waals surface area contributed by atoms with Crippen molar-refractivity contribution in [2.75, 3.05) is 13.1 Å². The van der Waals surface area contributed by atoms with Crippen molar-refractivity contribution in [1.82, 2.24) is 15.0 Å². The fraction of sp³-hybridized carbons (Fsp3) is 0.571. The molecule has 0 bridgehead atoms. The molecule has 0 atom stereocenters. The number of rotatable bonds is 7. The molecule has 2 heterocycles. The van der Waals surface area contributed by atoms with Crippen LogP contribution in [0, 0.1) is 5.92 Å². The van der Waals surface area contributed by atoms with Crippen LogP contribution >= 0.6 is 11.3 Å². The third-order valence-electron chi connectivity index (χ3n) is 3.32. The van der Waals surface area contributed by atoms with E-state index in [9.17, 15) is 0 Å². The van der Waals surface area contributed by atoms with Crippen LogP contribution in [0.15, 0.2) is 22.0 Å². The molecule has 19 heavy (non-hydrogen) atoms. The highest BCUT2D eigenvalue weighted by Crippen LogP contribution is 2.30. The maximum Gasteiger partial charge on any atom is 0.241 e. The lowest BCUT2D eigenvalue weighted by Crippen LogP contribution is -2.26. The zero-order valence-corrected chi connectivity index (χ0v) is 12.0. The van der Waals surface area contributed by atoms with Gasteiger partial charge in [0.25, 0.3) is 0 Å². The summed E-state index contributed by atoms with van der Waals surface area (Å²) in [4.78, 5) is 8.00. The fourth-order valence-corrected chi connectivity index (χ4v) is 2.88. The Kier molecular flexibility index (Phi) is 3.94. The maximum absolute atomic E-state index is 5.37. The molecule has 4 nitrogen and oxygen atoms in total. The third kappa shape index (κ3) is 3.42. The Balaban J connectivity index is 1.64. The van der Waals surface area contributed by atoms with Crippen LogP contribution in [0.25, 0.3) is 10.7 Å². The summed E-state index contributed by atoms with van der Waals surface area (Å²) in [6, 6.07) is 4.03. The molecule has 102 valence electrons. The van der Waals surface area contributed by atoms with E-state index in [4.69, 9.17) is 4.52 Å². The molecule has 0 saturated heterocycles. The average molecular weight is 277 g/mol. The minimum atomic E-state index is 0.716.